The molecule has 4 aromatic carbocycles. The molecule has 0 saturated heterocycles. The van der Waals surface area contributed by atoms with Gasteiger partial charge in [0, 0.05) is 31.0 Å². The monoisotopic (exact) mass is 846 g/mol. The van der Waals surface area contributed by atoms with Crippen molar-refractivity contribution in [3.05, 3.63) is 125 Å². The van der Waals surface area contributed by atoms with Crippen LogP contribution in [0.2, 0.25) is 0 Å². The highest BCUT2D eigenvalue weighted by Gasteiger charge is 2.32. The third-order valence-electron chi connectivity index (χ3n) is 10.6. The molecule has 4 amide bonds. The maximum atomic E-state index is 13.8. The molecule has 328 valence electrons. The van der Waals surface area contributed by atoms with Gasteiger partial charge in [0.25, 0.3) is 0 Å². The number of anilines is 1. The number of hydrogen-bond donors (Lipinski definition) is 4. The van der Waals surface area contributed by atoms with Gasteiger partial charge in [-0.15, -0.1) is 0 Å². The second-order valence-corrected chi connectivity index (χ2v) is 16.9. The fraction of sp³-hybridized carbons (Fsp3) is 0.388. The van der Waals surface area contributed by atoms with Crippen molar-refractivity contribution in [1.82, 2.24) is 10.6 Å². The standard InChI is InChI=1S/C49H58N4O9/c1-31(2)40(28-45(56)60-30-41-38-13-8-6-11-36(38)37-12-7-9-14-39(37)41)46(57)53-42(15-10-26-51-47(50)58)43(54)27-33-16-18-34(19-17-33)29-61-48(59)52-35-23-20-32(21-24-35)22-25-44(55)62-49(3,4)5/h6-9,11-14,16-21,23-24,31,40-42H,10,15,22,25-30H2,1-5H3,(H,52,59)(H,53,57)(H3,50,51,58)/t40-,42-/m0/s1. The lowest BCUT2D eigenvalue weighted by atomic mass is 9.90. The van der Waals surface area contributed by atoms with E-state index < -0.39 is 41.6 Å². The van der Waals surface area contributed by atoms with Crippen LogP contribution < -0.4 is 21.7 Å². The maximum absolute atomic E-state index is 13.8. The molecular weight excluding hydrogens is 789 g/mol. The van der Waals surface area contributed by atoms with E-state index in [1.807, 2.05) is 83.1 Å². The molecule has 0 unspecified atom stereocenters. The van der Waals surface area contributed by atoms with Gasteiger partial charge >= 0.3 is 24.1 Å². The van der Waals surface area contributed by atoms with Crippen molar-refractivity contribution in [2.75, 3.05) is 18.5 Å². The SMILES string of the molecule is CC(C)[C@H](CC(=O)OCC1c2ccccc2-c2ccccc21)C(=O)N[C@@H](CCCNC(N)=O)C(=O)Cc1ccc(COC(=O)Nc2ccc(CCC(=O)OC(C)(C)C)cc2)cc1. The number of hydrogen-bond acceptors (Lipinski definition) is 9. The van der Waals surface area contributed by atoms with E-state index in [1.165, 1.54) is 0 Å². The predicted molar refractivity (Wildman–Crippen MR) is 236 cm³/mol. The number of ether oxygens (including phenoxy) is 3. The number of carbonyl (C=O) groups excluding carboxylic acids is 6. The van der Waals surface area contributed by atoms with Gasteiger partial charge in [0.2, 0.25) is 5.91 Å². The van der Waals surface area contributed by atoms with Crippen LogP contribution in [0.4, 0.5) is 15.3 Å². The Bertz CT molecular complexity index is 2150. The summed E-state index contributed by atoms with van der Waals surface area (Å²) in [6.07, 6.45) is 0.560. The quantitative estimate of drug-likeness (QED) is 0.0391. The number of nitrogens with one attached hydrogen (secondary N) is 3. The van der Waals surface area contributed by atoms with Crippen molar-refractivity contribution in [2.45, 2.75) is 97.3 Å². The van der Waals surface area contributed by atoms with Crippen LogP contribution >= 0.6 is 0 Å². The zero-order valence-corrected chi connectivity index (χ0v) is 36.2. The molecule has 5 rings (SSSR count). The van der Waals surface area contributed by atoms with Crippen molar-refractivity contribution in [1.29, 1.82) is 0 Å². The normalized spacial score (nSPS) is 12.9. The molecule has 0 fully saturated rings. The number of carbonyl (C=O) groups is 6. The molecular formula is C49H58N4O9. The number of fused-ring (bicyclic) bond motifs is 3. The average Bonchev–Trinajstić information content (AvgIpc) is 3.55. The molecule has 4 aromatic rings. The number of nitrogens with two attached hydrogens (primary N) is 1. The van der Waals surface area contributed by atoms with E-state index in [2.05, 4.69) is 28.1 Å². The molecule has 1 aliphatic rings. The van der Waals surface area contributed by atoms with Crippen molar-refractivity contribution < 1.29 is 43.0 Å². The van der Waals surface area contributed by atoms with Gasteiger partial charge in [0.1, 0.15) is 18.8 Å². The van der Waals surface area contributed by atoms with Crippen molar-refractivity contribution in [3.8, 4) is 11.1 Å². The van der Waals surface area contributed by atoms with Crippen LogP contribution in [-0.4, -0.2) is 60.5 Å². The topological polar surface area (TPSA) is 192 Å². The molecule has 0 radical (unpaired) electrons. The van der Waals surface area contributed by atoms with Gasteiger partial charge in [-0.05, 0) is 97.0 Å². The van der Waals surface area contributed by atoms with Gasteiger partial charge in [-0.1, -0.05) is 98.8 Å². The maximum Gasteiger partial charge on any atom is 0.411 e. The Labute approximate surface area is 363 Å². The summed E-state index contributed by atoms with van der Waals surface area (Å²) in [5.74, 6) is -2.56. The Kier molecular flexibility index (Phi) is 16.4. The number of rotatable bonds is 20. The number of amides is 4. The molecule has 5 N–H and O–H groups in total. The Hall–Kier alpha value is -6.50. The summed E-state index contributed by atoms with van der Waals surface area (Å²) in [5, 5.41) is 8.10. The number of ketones is 1. The first kappa shape index (κ1) is 46.6. The van der Waals surface area contributed by atoms with E-state index in [0.29, 0.717) is 29.7 Å². The van der Waals surface area contributed by atoms with E-state index in [0.717, 1.165) is 27.8 Å². The Morgan fingerprint density at radius 3 is 1.94 bits per heavy atom. The Morgan fingerprint density at radius 1 is 0.742 bits per heavy atom. The van der Waals surface area contributed by atoms with Gasteiger partial charge in [-0.2, -0.15) is 0 Å². The summed E-state index contributed by atoms with van der Waals surface area (Å²) >= 11 is 0. The second kappa shape index (κ2) is 21.8. The minimum Gasteiger partial charge on any atom is -0.465 e. The molecule has 0 bridgehead atoms. The van der Waals surface area contributed by atoms with Crippen LogP contribution in [0.15, 0.2) is 97.1 Å². The zero-order chi connectivity index (χ0) is 44.8. The number of esters is 2. The molecule has 0 aromatic heterocycles. The summed E-state index contributed by atoms with van der Waals surface area (Å²) in [6, 6.07) is 28.7. The molecule has 62 heavy (non-hydrogen) atoms. The lowest BCUT2D eigenvalue weighted by molar-refractivity contribution is -0.154. The van der Waals surface area contributed by atoms with Crippen LogP contribution in [-0.2, 0) is 52.8 Å². The third-order valence-corrected chi connectivity index (χ3v) is 10.6. The highest BCUT2D eigenvalue weighted by Crippen LogP contribution is 2.44. The Morgan fingerprint density at radius 2 is 1.34 bits per heavy atom. The minimum absolute atomic E-state index is 0.00229. The number of benzene rings is 4. The Balaban J connectivity index is 1.12. The number of Topliss-reactive ketones (excluding diaryl/α,β-unsaturated/α-hetero) is 1. The van der Waals surface area contributed by atoms with Gasteiger partial charge in [-0.25, -0.2) is 9.59 Å². The van der Waals surface area contributed by atoms with E-state index >= 15 is 0 Å². The van der Waals surface area contributed by atoms with Gasteiger partial charge in [0.05, 0.1) is 18.4 Å². The lowest BCUT2D eigenvalue weighted by Crippen LogP contribution is -2.46. The summed E-state index contributed by atoms with van der Waals surface area (Å²) in [5.41, 5.74) is 11.9. The second-order valence-electron chi connectivity index (χ2n) is 16.9. The van der Waals surface area contributed by atoms with Crippen LogP contribution in [0.1, 0.15) is 94.0 Å². The molecule has 0 saturated carbocycles. The van der Waals surface area contributed by atoms with Crippen molar-refractivity contribution in [2.24, 2.45) is 17.6 Å². The van der Waals surface area contributed by atoms with Crippen LogP contribution in [0, 0.1) is 11.8 Å². The first-order chi connectivity index (χ1) is 29.6. The first-order valence-corrected chi connectivity index (χ1v) is 21.1. The fourth-order valence-electron chi connectivity index (χ4n) is 7.37. The largest absolute Gasteiger partial charge is 0.465 e. The fourth-order valence-corrected chi connectivity index (χ4v) is 7.37. The number of primary amides is 1. The number of aryl methyl sites for hydroxylation is 1. The summed E-state index contributed by atoms with van der Waals surface area (Å²) < 4.78 is 16.6. The van der Waals surface area contributed by atoms with E-state index in [-0.39, 0.29) is 69.0 Å². The molecule has 0 heterocycles. The van der Waals surface area contributed by atoms with Crippen LogP contribution in [0.25, 0.3) is 11.1 Å². The van der Waals surface area contributed by atoms with E-state index in [1.54, 1.807) is 36.4 Å². The average molecular weight is 847 g/mol. The van der Waals surface area contributed by atoms with Crippen molar-refractivity contribution in [3.63, 3.8) is 0 Å². The zero-order valence-electron chi connectivity index (χ0n) is 36.2. The third kappa shape index (κ3) is 14.0. The summed E-state index contributed by atoms with van der Waals surface area (Å²) in [6.45, 7) is 9.50. The first-order valence-electron chi connectivity index (χ1n) is 21.1. The minimum atomic E-state index is -0.897. The predicted octanol–water partition coefficient (Wildman–Crippen LogP) is 7.77. The van der Waals surface area contributed by atoms with Crippen molar-refractivity contribution >= 4 is 41.4 Å². The smallest absolute Gasteiger partial charge is 0.411 e. The summed E-state index contributed by atoms with van der Waals surface area (Å²) in [7, 11) is 0. The molecule has 2 atom stereocenters. The highest BCUT2D eigenvalue weighted by atomic mass is 16.6. The molecule has 1 aliphatic carbocycles. The van der Waals surface area contributed by atoms with Gasteiger partial charge in [0.15, 0.2) is 5.78 Å². The van der Waals surface area contributed by atoms with Crippen LogP contribution in [0.3, 0.4) is 0 Å². The van der Waals surface area contributed by atoms with E-state index in [9.17, 15) is 28.8 Å². The molecule has 0 spiro atoms. The summed E-state index contributed by atoms with van der Waals surface area (Å²) in [4.78, 5) is 76.6. The lowest BCUT2D eigenvalue weighted by Gasteiger charge is -2.24. The highest BCUT2D eigenvalue weighted by molar-refractivity contribution is 5.92. The molecule has 13 heteroatoms. The molecule has 13 nitrogen and oxygen atoms in total. The van der Waals surface area contributed by atoms with E-state index in [4.69, 9.17) is 19.9 Å². The molecule has 0 aliphatic heterocycles. The number of urea groups is 1. The van der Waals surface area contributed by atoms with Gasteiger partial charge in [-0.3, -0.25) is 24.5 Å². The van der Waals surface area contributed by atoms with Crippen LogP contribution in [0.5, 0.6) is 0 Å². The van der Waals surface area contributed by atoms with Gasteiger partial charge < -0.3 is 30.6 Å².